The zero-order valence-corrected chi connectivity index (χ0v) is 18.7. The normalized spacial score (nSPS) is 15.9. The lowest BCUT2D eigenvalue weighted by Gasteiger charge is -2.34. The van der Waals surface area contributed by atoms with Crippen LogP contribution in [0.25, 0.3) is 6.08 Å². The highest BCUT2D eigenvalue weighted by atomic mass is 16.7. The maximum atomic E-state index is 12.7. The minimum absolute atomic E-state index is 0.0259. The Morgan fingerprint density at radius 3 is 2.62 bits per heavy atom. The summed E-state index contributed by atoms with van der Waals surface area (Å²) in [6.07, 6.45) is 4.39. The molecule has 1 saturated heterocycles. The molecular weight excluding hydrogens is 408 g/mol. The van der Waals surface area contributed by atoms with Gasteiger partial charge in [-0.05, 0) is 47.9 Å². The minimum Gasteiger partial charge on any atom is -0.493 e. The number of fused-ring (bicyclic) bond motifs is 1. The number of amides is 1. The first-order valence-corrected chi connectivity index (χ1v) is 11.0. The number of nitrogens with zero attached hydrogens (tertiary/aromatic N) is 2. The molecular formula is C25H30N2O5. The molecule has 7 heteroatoms. The number of rotatable bonds is 8. The Labute approximate surface area is 189 Å². The molecule has 7 nitrogen and oxygen atoms in total. The van der Waals surface area contributed by atoms with Crippen LogP contribution in [0.2, 0.25) is 0 Å². The van der Waals surface area contributed by atoms with Gasteiger partial charge in [-0.15, -0.1) is 0 Å². The monoisotopic (exact) mass is 438 g/mol. The molecule has 4 rings (SSSR count). The lowest BCUT2D eigenvalue weighted by Crippen LogP contribution is -2.47. The zero-order chi connectivity index (χ0) is 22.3. The summed E-state index contributed by atoms with van der Waals surface area (Å²) in [5, 5.41) is 0. The molecule has 2 heterocycles. The van der Waals surface area contributed by atoms with E-state index in [4.69, 9.17) is 18.9 Å². The molecule has 0 saturated carbocycles. The molecule has 32 heavy (non-hydrogen) atoms. The zero-order valence-electron chi connectivity index (χ0n) is 18.7. The van der Waals surface area contributed by atoms with Crippen molar-refractivity contribution in [3.05, 3.63) is 53.6 Å². The largest absolute Gasteiger partial charge is 0.493 e. The van der Waals surface area contributed by atoms with Crippen LogP contribution in [0.3, 0.4) is 0 Å². The van der Waals surface area contributed by atoms with Gasteiger partial charge in [0.15, 0.2) is 23.0 Å². The summed E-state index contributed by atoms with van der Waals surface area (Å²) in [5.74, 6) is 3.03. The highest BCUT2D eigenvalue weighted by Crippen LogP contribution is 2.33. The van der Waals surface area contributed by atoms with Gasteiger partial charge in [-0.3, -0.25) is 9.69 Å². The fourth-order valence-electron chi connectivity index (χ4n) is 3.82. The third-order valence-electron chi connectivity index (χ3n) is 5.59. The fourth-order valence-corrected chi connectivity index (χ4v) is 3.82. The number of hydrogen-bond acceptors (Lipinski definition) is 6. The Balaban J connectivity index is 1.28. The molecule has 2 aromatic carbocycles. The van der Waals surface area contributed by atoms with Crippen LogP contribution < -0.4 is 18.9 Å². The molecule has 170 valence electrons. The molecule has 0 aromatic heterocycles. The summed E-state index contributed by atoms with van der Waals surface area (Å²) >= 11 is 0. The molecule has 0 spiro atoms. The van der Waals surface area contributed by atoms with Gasteiger partial charge in [0, 0.05) is 38.8 Å². The molecule has 2 aliphatic rings. The average molecular weight is 439 g/mol. The first-order chi connectivity index (χ1) is 15.7. The summed E-state index contributed by atoms with van der Waals surface area (Å²) in [6.45, 7) is 6.92. The van der Waals surface area contributed by atoms with Gasteiger partial charge in [0.2, 0.25) is 12.7 Å². The minimum atomic E-state index is 0.0259. The van der Waals surface area contributed by atoms with E-state index in [1.807, 2.05) is 41.3 Å². The van der Waals surface area contributed by atoms with E-state index < -0.39 is 0 Å². The number of carbonyl (C=O) groups is 1. The molecule has 0 unspecified atom stereocenters. The SMILES string of the molecule is CCCOc1ccc(/C=C/C(=O)N2CCN(Cc3ccc4c(c3)OCO4)CC2)cc1OC. The second-order valence-corrected chi connectivity index (χ2v) is 7.88. The number of hydrogen-bond donors (Lipinski definition) is 0. The second-order valence-electron chi connectivity index (χ2n) is 7.88. The second kappa shape index (κ2) is 10.4. The van der Waals surface area contributed by atoms with E-state index in [2.05, 4.69) is 17.9 Å². The van der Waals surface area contributed by atoms with Gasteiger partial charge in [-0.2, -0.15) is 0 Å². The van der Waals surface area contributed by atoms with Crippen molar-refractivity contribution in [3.63, 3.8) is 0 Å². The Bertz CT molecular complexity index is 967. The Morgan fingerprint density at radius 1 is 1.03 bits per heavy atom. The van der Waals surface area contributed by atoms with Crippen molar-refractivity contribution in [2.24, 2.45) is 0 Å². The molecule has 0 atom stereocenters. The van der Waals surface area contributed by atoms with E-state index in [0.717, 1.165) is 48.9 Å². The van der Waals surface area contributed by atoms with Crippen LogP contribution in [0.5, 0.6) is 23.0 Å². The number of ether oxygens (including phenoxy) is 4. The van der Waals surface area contributed by atoms with Crippen LogP contribution in [0.4, 0.5) is 0 Å². The van der Waals surface area contributed by atoms with Crippen molar-refractivity contribution in [1.29, 1.82) is 0 Å². The lowest BCUT2D eigenvalue weighted by atomic mass is 10.1. The van der Waals surface area contributed by atoms with Gasteiger partial charge in [0.05, 0.1) is 13.7 Å². The number of carbonyl (C=O) groups excluding carboxylic acids is 1. The summed E-state index contributed by atoms with van der Waals surface area (Å²) in [5.41, 5.74) is 2.09. The number of methoxy groups -OCH3 is 1. The molecule has 2 aromatic rings. The third-order valence-corrected chi connectivity index (χ3v) is 5.59. The van der Waals surface area contributed by atoms with Crippen molar-refractivity contribution in [2.45, 2.75) is 19.9 Å². The summed E-state index contributed by atoms with van der Waals surface area (Å²) in [7, 11) is 1.62. The molecule has 0 aliphatic carbocycles. The average Bonchev–Trinajstić information content (AvgIpc) is 3.30. The Hall–Kier alpha value is -3.19. The highest BCUT2D eigenvalue weighted by Gasteiger charge is 2.21. The quantitative estimate of drug-likeness (QED) is 0.588. The first kappa shape index (κ1) is 22.0. The molecule has 2 aliphatic heterocycles. The third kappa shape index (κ3) is 5.34. The van der Waals surface area contributed by atoms with Crippen molar-refractivity contribution >= 4 is 12.0 Å². The molecule has 0 N–H and O–H groups in total. The maximum Gasteiger partial charge on any atom is 0.246 e. The topological polar surface area (TPSA) is 60.5 Å². The number of benzene rings is 2. The molecule has 0 radical (unpaired) electrons. The van der Waals surface area contributed by atoms with Gasteiger partial charge in [-0.1, -0.05) is 19.1 Å². The van der Waals surface area contributed by atoms with Crippen LogP contribution in [0, 0.1) is 0 Å². The van der Waals surface area contributed by atoms with E-state index in [9.17, 15) is 4.79 Å². The van der Waals surface area contributed by atoms with E-state index in [-0.39, 0.29) is 12.7 Å². The standard InChI is InChI=1S/C25H30N2O5/c1-3-14-30-21-7-4-19(15-23(21)29-2)6-9-25(28)27-12-10-26(11-13-27)17-20-5-8-22-24(16-20)32-18-31-22/h4-9,15-16H,3,10-14,17-18H2,1-2H3/b9-6+. The summed E-state index contributed by atoms with van der Waals surface area (Å²) in [6, 6.07) is 11.8. The molecule has 1 fully saturated rings. The predicted molar refractivity (Wildman–Crippen MR) is 122 cm³/mol. The Kier molecular flexibility index (Phi) is 7.17. The van der Waals surface area contributed by atoms with Crippen LogP contribution >= 0.6 is 0 Å². The maximum absolute atomic E-state index is 12.7. The van der Waals surface area contributed by atoms with E-state index in [0.29, 0.717) is 25.4 Å². The van der Waals surface area contributed by atoms with Gasteiger partial charge < -0.3 is 23.8 Å². The van der Waals surface area contributed by atoms with Crippen LogP contribution in [0.15, 0.2) is 42.5 Å². The van der Waals surface area contributed by atoms with E-state index in [1.165, 1.54) is 5.56 Å². The highest BCUT2D eigenvalue weighted by molar-refractivity contribution is 5.92. The van der Waals surface area contributed by atoms with Crippen molar-refractivity contribution in [2.75, 3.05) is 46.7 Å². The number of piperazine rings is 1. The predicted octanol–water partition coefficient (Wildman–Crippen LogP) is 3.57. The van der Waals surface area contributed by atoms with Crippen LogP contribution in [-0.2, 0) is 11.3 Å². The molecule has 1 amide bonds. The van der Waals surface area contributed by atoms with Crippen molar-refractivity contribution in [1.82, 2.24) is 9.80 Å². The van der Waals surface area contributed by atoms with Gasteiger partial charge in [0.25, 0.3) is 0 Å². The van der Waals surface area contributed by atoms with Gasteiger partial charge in [0.1, 0.15) is 0 Å². The van der Waals surface area contributed by atoms with Crippen LogP contribution in [0.1, 0.15) is 24.5 Å². The van der Waals surface area contributed by atoms with Crippen LogP contribution in [-0.4, -0.2) is 62.4 Å². The van der Waals surface area contributed by atoms with Crippen molar-refractivity contribution in [3.8, 4) is 23.0 Å². The van der Waals surface area contributed by atoms with Gasteiger partial charge in [-0.25, -0.2) is 0 Å². The summed E-state index contributed by atoms with van der Waals surface area (Å²) < 4.78 is 21.9. The Morgan fingerprint density at radius 2 is 1.84 bits per heavy atom. The summed E-state index contributed by atoms with van der Waals surface area (Å²) in [4.78, 5) is 16.9. The smallest absolute Gasteiger partial charge is 0.246 e. The van der Waals surface area contributed by atoms with E-state index in [1.54, 1.807) is 13.2 Å². The lowest BCUT2D eigenvalue weighted by molar-refractivity contribution is -0.127. The first-order valence-electron chi connectivity index (χ1n) is 11.0. The van der Waals surface area contributed by atoms with Gasteiger partial charge >= 0.3 is 0 Å². The molecule has 0 bridgehead atoms. The van der Waals surface area contributed by atoms with E-state index >= 15 is 0 Å². The van der Waals surface area contributed by atoms with Crippen molar-refractivity contribution < 1.29 is 23.7 Å². The fraction of sp³-hybridized carbons (Fsp3) is 0.400.